The van der Waals surface area contributed by atoms with E-state index in [0.29, 0.717) is 12.2 Å². The highest BCUT2D eigenvalue weighted by Crippen LogP contribution is 2.77. The first-order valence-corrected chi connectivity index (χ1v) is 17.4. The first kappa shape index (κ1) is 31.9. The molecule has 5 aliphatic carbocycles. The van der Waals surface area contributed by atoms with Gasteiger partial charge in [-0.1, -0.05) is 95.5 Å². The number of halogens is 3. The maximum atomic E-state index is 14.6. The summed E-state index contributed by atoms with van der Waals surface area (Å²) in [6, 6.07) is 0. The van der Waals surface area contributed by atoms with Crippen LogP contribution in [0.3, 0.4) is 0 Å². The average Bonchev–Trinajstić information content (AvgIpc) is 2.80. The molecule has 3 N–H and O–H groups in total. The van der Waals surface area contributed by atoms with Crippen LogP contribution in [0.5, 0.6) is 0 Å². The van der Waals surface area contributed by atoms with Crippen LogP contribution in [0.4, 0.5) is 0 Å². The fourth-order valence-corrected chi connectivity index (χ4v) is 15.5. The summed E-state index contributed by atoms with van der Waals surface area (Å²) < 4.78 is -1.48. The Labute approximate surface area is 269 Å². The SMILES string of the molecule is CC1(C)CC[C@]2(CO)CCC3C4(C)CCC5C(C)(I)C(=O)C(O)=CC5(C)C4CC(=O)C3(I)C2(I)C1.CCO. The molecule has 5 aliphatic rings. The van der Waals surface area contributed by atoms with Crippen molar-refractivity contribution in [1.29, 1.82) is 0 Å². The highest BCUT2D eigenvalue weighted by Gasteiger charge is 2.77. The maximum Gasteiger partial charge on any atom is 0.212 e. The molecule has 5 nitrogen and oxygen atoms in total. The van der Waals surface area contributed by atoms with Crippen LogP contribution in [0.15, 0.2) is 11.8 Å². The van der Waals surface area contributed by atoms with Crippen molar-refractivity contribution in [3.05, 3.63) is 11.8 Å². The molecule has 0 aromatic rings. The smallest absolute Gasteiger partial charge is 0.212 e. The lowest BCUT2D eigenvalue weighted by Crippen LogP contribution is -2.76. The Balaban J connectivity index is 0.00000107. The summed E-state index contributed by atoms with van der Waals surface area (Å²) in [6.07, 6.45) is 9.21. The van der Waals surface area contributed by atoms with Gasteiger partial charge in [0, 0.05) is 18.4 Å². The number of alkyl halides is 3. The molecule has 0 aliphatic heterocycles. The van der Waals surface area contributed by atoms with Crippen molar-refractivity contribution in [3.8, 4) is 0 Å². The zero-order valence-electron chi connectivity index (χ0n) is 23.7. The Kier molecular flexibility index (Phi) is 8.42. The fraction of sp³-hybridized carbons (Fsp3) is 0.867. The van der Waals surface area contributed by atoms with Gasteiger partial charge in [-0.15, -0.1) is 0 Å². The summed E-state index contributed by atoms with van der Waals surface area (Å²) in [5, 5.41) is 29.1. The number of hydrogen-bond acceptors (Lipinski definition) is 5. The summed E-state index contributed by atoms with van der Waals surface area (Å²) >= 11 is 7.48. The lowest BCUT2D eigenvalue weighted by molar-refractivity contribution is -0.169. The van der Waals surface area contributed by atoms with Crippen LogP contribution in [-0.4, -0.2) is 50.4 Å². The van der Waals surface area contributed by atoms with Gasteiger partial charge in [-0.05, 0) is 98.9 Å². The summed E-state index contributed by atoms with van der Waals surface area (Å²) in [6.45, 7) is 13.3. The first-order chi connectivity index (χ1) is 17.4. The van der Waals surface area contributed by atoms with Crippen molar-refractivity contribution in [2.75, 3.05) is 13.2 Å². The number of Topliss-reactive ketones (excluding diaryl/α,β-unsaturated/α-hetero) is 2. The van der Waals surface area contributed by atoms with Crippen LogP contribution in [0.25, 0.3) is 0 Å². The fourth-order valence-electron chi connectivity index (χ4n) is 9.85. The number of hydrogen-bond donors (Lipinski definition) is 3. The molecule has 4 saturated carbocycles. The number of aliphatic hydroxyl groups excluding tert-OH is 3. The van der Waals surface area contributed by atoms with Gasteiger partial charge in [0.25, 0.3) is 0 Å². The Morgan fingerprint density at radius 1 is 0.895 bits per heavy atom. The summed E-state index contributed by atoms with van der Waals surface area (Å²) in [7, 11) is 0. The van der Waals surface area contributed by atoms with Gasteiger partial charge in [-0.25, -0.2) is 0 Å². The normalized spacial score (nSPS) is 51.3. The number of carbonyl (C=O) groups is 2. The summed E-state index contributed by atoms with van der Waals surface area (Å²) in [5.41, 5.74) is -0.532. The third kappa shape index (κ3) is 4.11. The van der Waals surface area contributed by atoms with E-state index in [4.69, 9.17) is 5.11 Å². The molecule has 216 valence electrons. The molecule has 0 amide bonds. The molecule has 8 unspecified atom stereocenters. The Bertz CT molecular complexity index is 1040. The average molecular weight is 866 g/mol. The van der Waals surface area contributed by atoms with E-state index in [1.54, 1.807) is 6.92 Å². The van der Waals surface area contributed by atoms with E-state index in [0.717, 1.165) is 44.9 Å². The zero-order chi connectivity index (χ0) is 28.7. The van der Waals surface area contributed by atoms with Crippen molar-refractivity contribution in [3.63, 3.8) is 0 Å². The molecule has 9 atom stereocenters. The molecule has 8 heteroatoms. The monoisotopic (exact) mass is 866 g/mol. The van der Waals surface area contributed by atoms with Gasteiger partial charge in [0.2, 0.25) is 5.78 Å². The minimum Gasteiger partial charge on any atom is -0.505 e. The van der Waals surface area contributed by atoms with Crippen LogP contribution < -0.4 is 0 Å². The van der Waals surface area contributed by atoms with Gasteiger partial charge < -0.3 is 15.3 Å². The maximum absolute atomic E-state index is 14.6. The Hall–Kier alpha value is 0.990. The molecule has 0 radical (unpaired) electrons. The lowest BCUT2D eigenvalue weighted by Gasteiger charge is -2.72. The molecular weight excluding hydrogens is 821 g/mol. The van der Waals surface area contributed by atoms with Crippen LogP contribution in [0, 0.1) is 39.4 Å². The van der Waals surface area contributed by atoms with E-state index in [2.05, 4.69) is 95.5 Å². The standard InChI is InChI=1S/C28H39I3O4.C2H6O/c1-22(2)10-11-26(15-32)9-7-18-23(3)8-6-17-24(4,13-16(33)21(35)25(17,5)29)19(23)12-20(34)28(18,31)27(26,30)14-22;1-2-3/h13,17-19,32-33H,6-12,14-15H2,1-5H3;3H,2H2,1H3/t17?,18?,19?,23?,24?,25?,26-,27?,28?;/m0./s1. The van der Waals surface area contributed by atoms with Gasteiger partial charge in [0.05, 0.1) is 16.9 Å². The highest BCUT2D eigenvalue weighted by atomic mass is 127. The Morgan fingerprint density at radius 2 is 1.47 bits per heavy atom. The molecular formula is C30H45I3O5. The quantitative estimate of drug-likeness (QED) is 0.192. The Morgan fingerprint density at radius 3 is 2.05 bits per heavy atom. The van der Waals surface area contributed by atoms with Gasteiger partial charge >= 0.3 is 0 Å². The van der Waals surface area contributed by atoms with Gasteiger partial charge in [-0.2, -0.15) is 0 Å². The molecule has 0 aromatic heterocycles. The van der Waals surface area contributed by atoms with Crippen molar-refractivity contribution in [2.45, 2.75) is 103 Å². The van der Waals surface area contributed by atoms with E-state index in [1.807, 2.05) is 13.0 Å². The summed E-state index contributed by atoms with van der Waals surface area (Å²) in [5.74, 6) is 0.461. The topological polar surface area (TPSA) is 94.8 Å². The second-order valence-electron chi connectivity index (χ2n) is 14.3. The largest absolute Gasteiger partial charge is 0.505 e. The van der Waals surface area contributed by atoms with Crippen molar-refractivity contribution in [2.24, 2.45) is 39.4 Å². The number of rotatable bonds is 1. The van der Waals surface area contributed by atoms with Crippen LogP contribution in [0.2, 0.25) is 0 Å². The number of allylic oxidation sites excluding steroid dienone is 2. The number of ketones is 2. The lowest BCUT2D eigenvalue weighted by atomic mass is 9.36. The van der Waals surface area contributed by atoms with Crippen LogP contribution >= 0.6 is 67.8 Å². The van der Waals surface area contributed by atoms with Gasteiger partial charge in [0.15, 0.2) is 11.5 Å². The first-order valence-electron chi connectivity index (χ1n) is 14.2. The molecule has 38 heavy (non-hydrogen) atoms. The van der Waals surface area contributed by atoms with Gasteiger partial charge in [-0.3, -0.25) is 9.59 Å². The third-order valence-corrected chi connectivity index (χ3v) is 18.7. The molecule has 5 rings (SSSR count). The van der Waals surface area contributed by atoms with E-state index >= 15 is 0 Å². The molecule has 0 bridgehead atoms. The number of fused-ring (bicyclic) bond motifs is 7. The van der Waals surface area contributed by atoms with Crippen molar-refractivity contribution < 1.29 is 24.9 Å². The third-order valence-electron chi connectivity index (χ3n) is 11.8. The van der Waals surface area contributed by atoms with Crippen molar-refractivity contribution in [1.82, 2.24) is 0 Å². The minimum absolute atomic E-state index is 0.0639. The minimum atomic E-state index is -0.662. The van der Waals surface area contributed by atoms with Crippen molar-refractivity contribution >= 4 is 79.3 Å². The van der Waals surface area contributed by atoms with E-state index < -0.39 is 12.3 Å². The predicted octanol–water partition coefficient (Wildman–Crippen LogP) is 7.16. The second kappa shape index (κ2) is 10.0. The number of aliphatic hydroxyl groups is 3. The second-order valence-corrected chi connectivity index (χ2v) is 20.1. The molecule has 0 aromatic carbocycles. The van der Waals surface area contributed by atoms with Crippen LogP contribution in [-0.2, 0) is 9.59 Å². The predicted molar refractivity (Wildman–Crippen MR) is 176 cm³/mol. The molecule has 0 saturated heterocycles. The number of carbonyl (C=O) groups excluding carboxylic acids is 2. The molecule has 0 spiro atoms. The molecule has 4 fully saturated rings. The summed E-state index contributed by atoms with van der Waals surface area (Å²) in [4.78, 5) is 27.5. The van der Waals surface area contributed by atoms with Gasteiger partial charge in [0.1, 0.15) is 0 Å². The molecule has 0 heterocycles. The van der Waals surface area contributed by atoms with E-state index in [-0.39, 0.29) is 62.2 Å². The van der Waals surface area contributed by atoms with E-state index in [9.17, 15) is 19.8 Å². The van der Waals surface area contributed by atoms with E-state index in [1.165, 1.54) is 0 Å². The highest BCUT2D eigenvalue weighted by molar-refractivity contribution is 14.1. The zero-order valence-corrected chi connectivity index (χ0v) is 30.1. The van der Waals surface area contributed by atoms with Crippen LogP contribution in [0.1, 0.15) is 92.9 Å².